The number of rotatable bonds is 6. The van der Waals surface area contributed by atoms with Crippen LogP contribution in [0.4, 0.5) is 5.69 Å². The van der Waals surface area contributed by atoms with Gasteiger partial charge in [-0.05, 0) is 78.6 Å². The van der Waals surface area contributed by atoms with Gasteiger partial charge in [0, 0.05) is 17.4 Å². The van der Waals surface area contributed by atoms with E-state index in [2.05, 4.69) is 33.4 Å². The van der Waals surface area contributed by atoms with Crippen LogP contribution in [-0.4, -0.2) is 26.5 Å². The molecular formula is C29H29N3O2. The van der Waals surface area contributed by atoms with E-state index in [4.69, 9.17) is 0 Å². The van der Waals surface area contributed by atoms with Crippen LogP contribution in [0.1, 0.15) is 47.5 Å². The molecule has 3 unspecified atom stereocenters. The monoisotopic (exact) mass is 451 g/mol. The van der Waals surface area contributed by atoms with E-state index in [0.29, 0.717) is 11.5 Å². The molecule has 1 fully saturated rings. The van der Waals surface area contributed by atoms with Gasteiger partial charge in [-0.2, -0.15) is 0 Å². The molecule has 1 aliphatic carbocycles. The third kappa shape index (κ3) is 4.39. The molecule has 1 aliphatic rings. The molecule has 0 aliphatic heterocycles. The molecule has 5 heteroatoms. The van der Waals surface area contributed by atoms with Crippen molar-refractivity contribution in [2.24, 2.45) is 5.92 Å². The van der Waals surface area contributed by atoms with Crippen molar-refractivity contribution in [2.75, 3.05) is 5.32 Å². The summed E-state index contributed by atoms with van der Waals surface area (Å²) in [5.41, 5.74) is 5.92. The van der Waals surface area contributed by atoms with Gasteiger partial charge in [0.1, 0.15) is 0 Å². The third-order valence-electron chi connectivity index (χ3n) is 6.96. The summed E-state index contributed by atoms with van der Waals surface area (Å²) < 4.78 is 2.13. The zero-order valence-electron chi connectivity index (χ0n) is 19.1. The second-order valence-corrected chi connectivity index (χ2v) is 9.07. The number of aliphatic hydroxyl groups is 1. The Kier molecular flexibility index (Phi) is 6.28. The van der Waals surface area contributed by atoms with Crippen molar-refractivity contribution in [3.63, 3.8) is 0 Å². The SMILES string of the molecule is C=CC(O)C1CCCC(c2cc(-c3ccc(C(=O)Nc4ccccc4)cc3)n3cnccc23)C1. The van der Waals surface area contributed by atoms with Gasteiger partial charge in [0.25, 0.3) is 5.91 Å². The van der Waals surface area contributed by atoms with E-state index in [9.17, 15) is 9.90 Å². The smallest absolute Gasteiger partial charge is 0.255 e. The summed E-state index contributed by atoms with van der Waals surface area (Å²) in [5.74, 6) is 0.503. The van der Waals surface area contributed by atoms with Gasteiger partial charge in [-0.25, -0.2) is 4.98 Å². The minimum atomic E-state index is -0.451. The van der Waals surface area contributed by atoms with E-state index in [1.54, 1.807) is 6.08 Å². The second kappa shape index (κ2) is 9.65. The topological polar surface area (TPSA) is 66.6 Å². The number of nitrogens with one attached hydrogen (secondary N) is 1. The molecule has 1 amide bonds. The normalized spacial score (nSPS) is 19.0. The maximum Gasteiger partial charge on any atom is 0.255 e. The highest BCUT2D eigenvalue weighted by Gasteiger charge is 2.29. The maximum atomic E-state index is 12.6. The summed E-state index contributed by atoms with van der Waals surface area (Å²) in [6.07, 6.45) is 9.09. The zero-order valence-corrected chi connectivity index (χ0v) is 19.1. The average molecular weight is 452 g/mol. The fourth-order valence-electron chi connectivity index (χ4n) is 5.16. The van der Waals surface area contributed by atoms with Crippen LogP contribution in [0.5, 0.6) is 0 Å². The highest BCUT2D eigenvalue weighted by molar-refractivity contribution is 6.04. The zero-order chi connectivity index (χ0) is 23.5. The summed E-state index contributed by atoms with van der Waals surface area (Å²) in [4.78, 5) is 17.0. The molecule has 5 nitrogen and oxygen atoms in total. The lowest BCUT2D eigenvalue weighted by Gasteiger charge is -2.31. The first-order valence-corrected chi connectivity index (χ1v) is 11.9. The quantitative estimate of drug-likeness (QED) is 0.350. The van der Waals surface area contributed by atoms with Gasteiger partial charge in [0.05, 0.1) is 23.6 Å². The number of benzene rings is 2. The molecular weight excluding hydrogens is 422 g/mol. The number of aliphatic hydroxyl groups excluding tert-OH is 1. The van der Waals surface area contributed by atoms with Crippen molar-refractivity contribution >= 4 is 17.1 Å². The third-order valence-corrected chi connectivity index (χ3v) is 6.96. The molecule has 3 atom stereocenters. The molecule has 0 bridgehead atoms. The van der Waals surface area contributed by atoms with Crippen molar-refractivity contribution in [3.8, 4) is 11.3 Å². The van der Waals surface area contributed by atoms with Crippen LogP contribution in [0.2, 0.25) is 0 Å². The fourth-order valence-corrected chi connectivity index (χ4v) is 5.16. The van der Waals surface area contributed by atoms with Crippen LogP contribution in [0.25, 0.3) is 16.8 Å². The number of fused-ring (bicyclic) bond motifs is 1. The molecule has 2 heterocycles. The molecule has 0 spiro atoms. The van der Waals surface area contributed by atoms with Crippen LogP contribution >= 0.6 is 0 Å². The van der Waals surface area contributed by atoms with Crippen molar-refractivity contribution in [1.29, 1.82) is 0 Å². The molecule has 2 N–H and O–H groups in total. The molecule has 0 radical (unpaired) electrons. The maximum absolute atomic E-state index is 12.6. The highest BCUT2D eigenvalue weighted by Crippen LogP contribution is 2.41. The standard InChI is InChI=1S/C29H29N3O2/c1-2-28(33)23-8-6-7-22(17-23)25-18-27(32-19-30-16-15-26(25)32)20-11-13-21(14-12-20)29(34)31-24-9-4-3-5-10-24/h2-5,9-16,18-19,22-23,28,33H,1,6-8,17H2,(H,31,34). The molecule has 2 aromatic heterocycles. The van der Waals surface area contributed by atoms with E-state index in [0.717, 1.165) is 48.1 Å². The van der Waals surface area contributed by atoms with Crippen molar-refractivity contribution < 1.29 is 9.90 Å². The largest absolute Gasteiger partial charge is 0.389 e. The number of carbonyl (C=O) groups is 1. The van der Waals surface area contributed by atoms with Crippen LogP contribution < -0.4 is 5.32 Å². The van der Waals surface area contributed by atoms with Crippen molar-refractivity contribution in [1.82, 2.24) is 9.38 Å². The van der Waals surface area contributed by atoms with Gasteiger partial charge in [0.15, 0.2) is 0 Å². The minimum absolute atomic E-state index is 0.130. The highest BCUT2D eigenvalue weighted by atomic mass is 16.3. The van der Waals surface area contributed by atoms with Crippen LogP contribution in [-0.2, 0) is 0 Å². The van der Waals surface area contributed by atoms with Crippen LogP contribution in [0, 0.1) is 5.92 Å². The number of carbonyl (C=O) groups excluding carboxylic acids is 1. The molecule has 34 heavy (non-hydrogen) atoms. The summed E-state index contributed by atoms with van der Waals surface area (Å²) in [6.45, 7) is 3.78. The first kappa shape index (κ1) is 22.1. The lowest BCUT2D eigenvalue weighted by Crippen LogP contribution is -2.24. The number of hydrogen-bond acceptors (Lipinski definition) is 3. The summed E-state index contributed by atoms with van der Waals surface area (Å²) in [6, 6.07) is 21.5. The van der Waals surface area contributed by atoms with Gasteiger partial charge in [0.2, 0.25) is 0 Å². The first-order chi connectivity index (χ1) is 16.6. The fraction of sp³-hybridized carbons (Fsp3) is 0.241. The predicted molar refractivity (Wildman–Crippen MR) is 136 cm³/mol. The lowest BCUT2D eigenvalue weighted by atomic mass is 9.76. The Morgan fingerprint density at radius 3 is 2.68 bits per heavy atom. The minimum Gasteiger partial charge on any atom is -0.389 e. The van der Waals surface area contributed by atoms with Gasteiger partial charge in [-0.1, -0.05) is 42.8 Å². The Bertz CT molecular complexity index is 1290. The van der Waals surface area contributed by atoms with E-state index in [1.165, 1.54) is 5.56 Å². The Morgan fingerprint density at radius 2 is 1.91 bits per heavy atom. The number of para-hydroxylation sites is 1. The van der Waals surface area contributed by atoms with Crippen LogP contribution in [0.15, 0.2) is 91.9 Å². The Labute approximate surface area is 199 Å². The average Bonchev–Trinajstić information content (AvgIpc) is 3.29. The van der Waals surface area contributed by atoms with E-state index in [-0.39, 0.29) is 11.8 Å². The van der Waals surface area contributed by atoms with Gasteiger partial charge in [-0.15, -0.1) is 6.58 Å². The number of hydrogen-bond donors (Lipinski definition) is 2. The van der Waals surface area contributed by atoms with E-state index < -0.39 is 6.10 Å². The van der Waals surface area contributed by atoms with Gasteiger partial charge in [-0.3, -0.25) is 4.79 Å². The summed E-state index contributed by atoms with van der Waals surface area (Å²) in [5, 5.41) is 13.3. The van der Waals surface area contributed by atoms with Crippen LogP contribution in [0.3, 0.4) is 0 Å². The summed E-state index contributed by atoms with van der Waals surface area (Å²) in [7, 11) is 0. The Morgan fingerprint density at radius 1 is 1.12 bits per heavy atom. The van der Waals surface area contributed by atoms with E-state index in [1.807, 2.05) is 67.1 Å². The Hall–Kier alpha value is -3.70. The number of aromatic nitrogens is 2. The predicted octanol–water partition coefficient (Wildman–Crippen LogP) is 6.07. The second-order valence-electron chi connectivity index (χ2n) is 9.07. The Balaban J connectivity index is 1.43. The van der Waals surface area contributed by atoms with Gasteiger partial charge < -0.3 is 14.8 Å². The lowest BCUT2D eigenvalue weighted by molar-refractivity contribution is 0.102. The number of anilines is 1. The van der Waals surface area contributed by atoms with Crippen molar-refractivity contribution in [3.05, 3.63) is 103 Å². The molecule has 2 aromatic carbocycles. The van der Waals surface area contributed by atoms with Gasteiger partial charge >= 0.3 is 0 Å². The molecule has 5 rings (SSSR count). The number of nitrogens with zero attached hydrogens (tertiary/aromatic N) is 2. The molecule has 4 aromatic rings. The number of amides is 1. The van der Waals surface area contributed by atoms with E-state index >= 15 is 0 Å². The molecule has 0 saturated heterocycles. The van der Waals surface area contributed by atoms with Crippen molar-refractivity contribution in [2.45, 2.75) is 37.7 Å². The first-order valence-electron chi connectivity index (χ1n) is 11.9. The molecule has 172 valence electrons. The summed E-state index contributed by atoms with van der Waals surface area (Å²) >= 11 is 0. The molecule has 1 saturated carbocycles.